The zero-order valence-electron chi connectivity index (χ0n) is 14.9. The second kappa shape index (κ2) is 7.58. The Hall–Kier alpha value is -3.21. The molecule has 1 aromatic heterocycles. The summed E-state index contributed by atoms with van der Waals surface area (Å²) >= 11 is 0. The molecule has 0 atom stereocenters. The van der Waals surface area contributed by atoms with E-state index in [4.69, 9.17) is 0 Å². The molecule has 0 aliphatic carbocycles. The number of hydrogen-bond acceptors (Lipinski definition) is 3. The van der Waals surface area contributed by atoms with Gasteiger partial charge in [0.2, 0.25) is 0 Å². The minimum Gasteiger partial charge on any atom is -0.366 e. The predicted octanol–water partition coefficient (Wildman–Crippen LogP) is 4.43. The van der Waals surface area contributed by atoms with Crippen LogP contribution in [0.4, 0.5) is 15.9 Å². The maximum absolute atomic E-state index is 13.8. The topological polar surface area (TPSA) is 45.2 Å². The maximum atomic E-state index is 13.8. The molecular formula is C22H20FN3O. The van der Waals surface area contributed by atoms with Gasteiger partial charge < -0.3 is 10.2 Å². The van der Waals surface area contributed by atoms with Crippen LogP contribution in [0, 0.1) is 5.82 Å². The zero-order valence-corrected chi connectivity index (χ0v) is 14.9. The van der Waals surface area contributed by atoms with E-state index in [0.29, 0.717) is 30.0 Å². The van der Waals surface area contributed by atoms with Gasteiger partial charge in [0.25, 0.3) is 5.91 Å². The highest BCUT2D eigenvalue weighted by Gasteiger charge is 2.23. The average Bonchev–Trinajstić information content (AvgIpc) is 2.72. The van der Waals surface area contributed by atoms with Crippen molar-refractivity contribution >= 4 is 17.4 Å². The standard InChI is InChI=1S/C22H20FN3O/c23-19-9-3-1-7-18(19)15-25-21-14-17(11-12-24-21)22(27)26-13-5-8-16-6-2-4-10-20(16)26/h1-4,6-7,9-12,14H,5,8,13,15H2,(H,24,25). The van der Waals surface area contributed by atoms with E-state index in [9.17, 15) is 9.18 Å². The molecular weight excluding hydrogens is 341 g/mol. The minimum atomic E-state index is -0.262. The van der Waals surface area contributed by atoms with E-state index in [0.717, 1.165) is 18.5 Å². The number of para-hydroxylation sites is 1. The predicted molar refractivity (Wildman–Crippen MR) is 104 cm³/mol. The maximum Gasteiger partial charge on any atom is 0.258 e. The Morgan fingerprint density at radius 2 is 1.93 bits per heavy atom. The smallest absolute Gasteiger partial charge is 0.258 e. The fraction of sp³-hybridized carbons (Fsp3) is 0.182. The third-order valence-electron chi connectivity index (χ3n) is 4.78. The van der Waals surface area contributed by atoms with E-state index in [1.165, 1.54) is 11.6 Å². The van der Waals surface area contributed by atoms with Gasteiger partial charge in [0.05, 0.1) is 0 Å². The minimum absolute atomic E-state index is 0.0431. The van der Waals surface area contributed by atoms with Crippen molar-refractivity contribution in [2.75, 3.05) is 16.8 Å². The lowest BCUT2D eigenvalue weighted by molar-refractivity contribution is 0.0985. The number of aryl methyl sites for hydroxylation is 1. The summed E-state index contributed by atoms with van der Waals surface area (Å²) in [5.74, 6) is 0.245. The highest BCUT2D eigenvalue weighted by Crippen LogP contribution is 2.28. The van der Waals surface area contributed by atoms with Crippen molar-refractivity contribution < 1.29 is 9.18 Å². The van der Waals surface area contributed by atoms with Gasteiger partial charge in [0.1, 0.15) is 11.6 Å². The number of hydrogen-bond donors (Lipinski definition) is 1. The van der Waals surface area contributed by atoms with Crippen molar-refractivity contribution in [1.29, 1.82) is 0 Å². The Morgan fingerprint density at radius 1 is 1.11 bits per heavy atom. The summed E-state index contributed by atoms with van der Waals surface area (Å²) in [6.45, 7) is 1.01. The molecule has 0 saturated carbocycles. The molecule has 1 N–H and O–H groups in total. The van der Waals surface area contributed by atoms with Gasteiger partial charge in [-0.05, 0) is 42.7 Å². The first-order chi connectivity index (χ1) is 13.2. The molecule has 0 radical (unpaired) electrons. The Kier molecular flexibility index (Phi) is 4.83. The third-order valence-corrected chi connectivity index (χ3v) is 4.78. The highest BCUT2D eigenvalue weighted by atomic mass is 19.1. The molecule has 136 valence electrons. The Morgan fingerprint density at radius 3 is 2.81 bits per heavy atom. The van der Waals surface area contributed by atoms with Crippen LogP contribution in [0.25, 0.3) is 0 Å². The number of amides is 1. The van der Waals surface area contributed by atoms with Crippen LogP contribution in [0.3, 0.4) is 0 Å². The molecule has 0 fully saturated rings. The van der Waals surface area contributed by atoms with Gasteiger partial charge >= 0.3 is 0 Å². The van der Waals surface area contributed by atoms with E-state index in [-0.39, 0.29) is 11.7 Å². The third kappa shape index (κ3) is 3.67. The number of anilines is 2. The van der Waals surface area contributed by atoms with Crippen molar-refractivity contribution in [3.63, 3.8) is 0 Å². The number of carbonyl (C=O) groups is 1. The van der Waals surface area contributed by atoms with Crippen LogP contribution in [0.15, 0.2) is 66.9 Å². The summed E-state index contributed by atoms with van der Waals surface area (Å²) in [6, 6.07) is 18.1. The quantitative estimate of drug-likeness (QED) is 0.748. The molecule has 0 spiro atoms. The van der Waals surface area contributed by atoms with Gasteiger partial charge in [0, 0.05) is 36.1 Å². The highest BCUT2D eigenvalue weighted by molar-refractivity contribution is 6.07. The summed E-state index contributed by atoms with van der Waals surface area (Å²) < 4.78 is 13.8. The van der Waals surface area contributed by atoms with Gasteiger partial charge in [-0.2, -0.15) is 0 Å². The normalized spacial score (nSPS) is 13.1. The van der Waals surface area contributed by atoms with E-state index in [2.05, 4.69) is 16.4 Å². The first-order valence-corrected chi connectivity index (χ1v) is 9.05. The van der Waals surface area contributed by atoms with Gasteiger partial charge in [-0.3, -0.25) is 4.79 Å². The molecule has 4 rings (SSSR count). The average molecular weight is 361 g/mol. The monoisotopic (exact) mass is 361 g/mol. The fourth-order valence-electron chi connectivity index (χ4n) is 3.39. The van der Waals surface area contributed by atoms with Gasteiger partial charge in [-0.1, -0.05) is 36.4 Å². The number of aromatic nitrogens is 1. The first kappa shape index (κ1) is 17.2. The number of fused-ring (bicyclic) bond motifs is 1. The second-order valence-electron chi connectivity index (χ2n) is 6.56. The Bertz CT molecular complexity index is 973. The van der Waals surface area contributed by atoms with Crippen molar-refractivity contribution in [2.45, 2.75) is 19.4 Å². The summed E-state index contributed by atoms with van der Waals surface area (Å²) in [5.41, 5.74) is 3.30. The summed E-state index contributed by atoms with van der Waals surface area (Å²) in [7, 11) is 0. The van der Waals surface area contributed by atoms with Crippen LogP contribution < -0.4 is 10.2 Å². The van der Waals surface area contributed by atoms with Crippen molar-refractivity contribution in [3.8, 4) is 0 Å². The SMILES string of the molecule is O=C(c1ccnc(NCc2ccccc2F)c1)N1CCCc2ccccc21. The molecule has 4 nitrogen and oxygen atoms in total. The number of pyridine rings is 1. The van der Waals surface area contributed by atoms with Gasteiger partial charge in [-0.25, -0.2) is 9.37 Å². The van der Waals surface area contributed by atoms with Gasteiger partial charge in [0.15, 0.2) is 0 Å². The Labute approximate surface area is 157 Å². The molecule has 2 heterocycles. The second-order valence-corrected chi connectivity index (χ2v) is 6.56. The molecule has 0 saturated heterocycles. The zero-order chi connectivity index (χ0) is 18.6. The number of carbonyl (C=O) groups excluding carboxylic acids is 1. The largest absolute Gasteiger partial charge is 0.366 e. The van der Waals surface area contributed by atoms with Crippen LogP contribution in [-0.2, 0) is 13.0 Å². The lowest BCUT2D eigenvalue weighted by Gasteiger charge is -2.29. The van der Waals surface area contributed by atoms with E-state index in [1.54, 1.807) is 36.5 Å². The molecule has 1 amide bonds. The van der Waals surface area contributed by atoms with Crippen LogP contribution in [-0.4, -0.2) is 17.4 Å². The van der Waals surface area contributed by atoms with Crippen molar-refractivity contribution in [2.24, 2.45) is 0 Å². The molecule has 0 bridgehead atoms. The molecule has 2 aromatic carbocycles. The van der Waals surface area contributed by atoms with Crippen molar-refractivity contribution in [3.05, 3.63) is 89.4 Å². The van der Waals surface area contributed by atoms with Gasteiger partial charge in [-0.15, -0.1) is 0 Å². The first-order valence-electron chi connectivity index (χ1n) is 9.05. The number of nitrogens with zero attached hydrogens (tertiary/aromatic N) is 2. The van der Waals surface area contributed by atoms with E-state index >= 15 is 0 Å². The molecule has 1 aliphatic rings. The summed E-state index contributed by atoms with van der Waals surface area (Å²) in [5, 5.41) is 3.10. The lowest BCUT2D eigenvalue weighted by atomic mass is 10.0. The Balaban J connectivity index is 1.53. The van der Waals surface area contributed by atoms with E-state index in [1.807, 2.05) is 23.1 Å². The van der Waals surface area contributed by atoms with Crippen LogP contribution >= 0.6 is 0 Å². The molecule has 5 heteroatoms. The number of halogens is 1. The number of benzene rings is 2. The van der Waals surface area contributed by atoms with Crippen LogP contribution in [0.2, 0.25) is 0 Å². The molecule has 1 aliphatic heterocycles. The van der Waals surface area contributed by atoms with Crippen LogP contribution in [0.5, 0.6) is 0 Å². The van der Waals surface area contributed by atoms with E-state index < -0.39 is 0 Å². The number of nitrogens with one attached hydrogen (secondary N) is 1. The number of rotatable bonds is 4. The lowest BCUT2D eigenvalue weighted by Crippen LogP contribution is -2.35. The summed E-state index contributed by atoms with van der Waals surface area (Å²) in [4.78, 5) is 19.1. The van der Waals surface area contributed by atoms with Crippen LogP contribution in [0.1, 0.15) is 27.9 Å². The molecule has 3 aromatic rings. The summed E-state index contributed by atoms with van der Waals surface area (Å²) in [6.07, 6.45) is 3.55. The molecule has 27 heavy (non-hydrogen) atoms. The van der Waals surface area contributed by atoms with Crippen molar-refractivity contribution in [1.82, 2.24) is 4.98 Å². The molecule has 0 unspecified atom stereocenters. The fourth-order valence-corrected chi connectivity index (χ4v) is 3.39.